The lowest BCUT2D eigenvalue weighted by Crippen LogP contribution is -2.30. The Hall–Kier alpha value is -1.90. The van der Waals surface area contributed by atoms with E-state index >= 15 is 0 Å². The number of anilines is 3. The van der Waals surface area contributed by atoms with Gasteiger partial charge in [0.1, 0.15) is 5.82 Å². The normalized spacial score (nSPS) is 12.1. The first-order valence-electron chi connectivity index (χ1n) is 9.00. The van der Waals surface area contributed by atoms with E-state index in [1.165, 1.54) is 0 Å². The molecule has 0 radical (unpaired) electrons. The van der Waals surface area contributed by atoms with Crippen LogP contribution in [0.4, 0.5) is 17.5 Å². The van der Waals surface area contributed by atoms with Gasteiger partial charge < -0.3 is 15.7 Å². The SMILES string of the molecule is CC(C)[C@@H](CO)Nc1nc(Nc2ccc(I)cc2Cl)cc(-c2ccccc2)n1. The van der Waals surface area contributed by atoms with Crippen LogP contribution < -0.4 is 10.6 Å². The summed E-state index contributed by atoms with van der Waals surface area (Å²) in [5.74, 6) is 1.31. The number of hydrogen-bond acceptors (Lipinski definition) is 5. The second-order valence-electron chi connectivity index (χ2n) is 6.75. The molecule has 0 unspecified atom stereocenters. The third-order valence-electron chi connectivity index (χ3n) is 4.31. The molecule has 0 aliphatic carbocycles. The Morgan fingerprint density at radius 2 is 1.82 bits per heavy atom. The molecule has 3 rings (SSSR count). The topological polar surface area (TPSA) is 70.1 Å². The van der Waals surface area contributed by atoms with E-state index in [1.54, 1.807) is 0 Å². The predicted molar refractivity (Wildman–Crippen MR) is 124 cm³/mol. The van der Waals surface area contributed by atoms with E-state index in [-0.39, 0.29) is 18.6 Å². The number of aliphatic hydroxyl groups excluding tert-OH is 1. The van der Waals surface area contributed by atoms with Gasteiger partial charge in [-0.15, -0.1) is 0 Å². The smallest absolute Gasteiger partial charge is 0.225 e. The van der Waals surface area contributed by atoms with Gasteiger partial charge in [0.25, 0.3) is 0 Å². The van der Waals surface area contributed by atoms with Crippen LogP contribution in [0, 0.1) is 9.49 Å². The van der Waals surface area contributed by atoms with Crippen molar-refractivity contribution in [1.29, 1.82) is 0 Å². The van der Waals surface area contributed by atoms with Crippen molar-refractivity contribution in [2.45, 2.75) is 19.9 Å². The zero-order valence-electron chi connectivity index (χ0n) is 15.7. The van der Waals surface area contributed by atoms with E-state index in [4.69, 9.17) is 11.6 Å². The van der Waals surface area contributed by atoms with Crippen LogP contribution in [0.15, 0.2) is 54.6 Å². The molecule has 7 heteroatoms. The Morgan fingerprint density at radius 3 is 2.46 bits per heavy atom. The summed E-state index contributed by atoms with van der Waals surface area (Å²) in [6, 6.07) is 17.5. The molecule has 3 aromatic rings. The van der Waals surface area contributed by atoms with E-state index in [9.17, 15) is 5.11 Å². The summed E-state index contributed by atoms with van der Waals surface area (Å²) in [5, 5.41) is 16.8. The van der Waals surface area contributed by atoms with Crippen LogP contribution in [0.5, 0.6) is 0 Å². The van der Waals surface area contributed by atoms with Crippen LogP contribution in [0.3, 0.4) is 0 Å². The van der Waals surface area contributed by atoms with Crippen molar-refractivity contribution in [3.8, 4) is 11.3 Å². The zero-order valence-corrected chi connectivity index (χ0v) is 18.6. The monoisotopic (exact) mass is 508 g/mol. The molecular weight excluding hydrogens is 487 g/mol. The lowest BCUT2D eigenvalue weighted by Gasteiger charge is -2.21. The maximum Gasteiger partial charge on any atom is 0.225 e. The molecule has 0 fully saturated rings. The van der Waals surface area contributed by atoms with Gasteiger partial charge >= 0.3 is 0 Å². The molecule has 1 heterocycles. The molecule has 0 saturated heterocycles. The molecule has 1 atom stereocenters. The van der Waals surface area contributed by atoms with Crippen molar-refractivity contribution in [2.24, 2.45) is 5.92 Å². The number of rotatable bonds is 7. The maximum atomic E-state index is 9.66. The molecule has 0 amide bonds. The van der Waals surface area contributed by atoms with Crippen molar-refractivity contribution in [2.75, 3.05) is 17.2 Å². The van der Waals surface area contributed by atoms with Crippen molar-refractivity contribution in [1.82, 2.24) is 9.97 Å². The maximum absolute atomic E-state index is 9.66. The number of aromatic nitrogens is 2. The molecule has 0 bridgehead atoms. The first kappa shape index (κ1) is 20.8. The van der Waals surface area contributed by atoms with E-state index in [0.29, 0.717) is 16.8 Å². The molecule has 5 nitrogen and oxygen atoms in total. The van der Waals surface area contributed by atoms with Crippen LogP contribution in [0.1, 0.15) is 13.8 Å². The first-order chi connectivity index (χ1) is 13.5. The molecule has 0 saturated carbocycles. The fraction of sp³-hybridized carbons (Fsp3) is 0.238. The molecule has 146 valence electrons. The minimum absolute atomic E-state index is 0.00229. The molecule has 28 heavy (non-hydrogen) atoms. The summed E-state index contributed by atoms with van der Waals surface area (Å²) in [6.45, 7) is 4.08. The molecule has 2 aromatic carbocycles. The average molecular weight is 509 g/mol. The van der Waals surface area contributed by atoms with Crippen LogP contribution in [-0.2, 0) is 0 Å². The van der Waals surface area contributed by atoms with Gasteiger partial charge in [-0.25, -0.2) is 4.98 Å². The lowest BCUT2D eigenvalue weighted by atomic mass is 10.1. The largest absolute Gasteiger partial charge is 0.394 e. The van der Waals surface area contributed by atoms with Gasteiger partial charge in [-0.3, -0.25) is 0 Å². The summed E-state index contributed by atoms with van der Waals surface area (Å²) in [4.78, 5) is 9.23. The minimum atomic E-state index is -0.138. The standard InChI is InChI=1S/C21H22ClIN4O/c1-13(2)19(12-28)26-21-25-18(14-6-4-3-5-7-14)11-20(27-21)24-17-9-8-15(23)10-16(17)22/h3-11,13,19,28H,12H2,1-2H3,(H2,24,25,26,27)/t19-/m1/s1. The number of benzene rings is 2. The third-order valence-corrected chi connectivity index (χ3v) is 5.29. The van der Waals surface area contributed by atoms with Crippen molar-refractivity contribution in [3.05, 3.63) is 63.2 Å². The Bertz CT molecular complexity index is 937. The van der Waals surface area contributed by atoms with Crippen molar-refractivity contribution >= 4 is 51.6 Å². The quantitative estimate of drug-likeness (QED) is 0.364. The summed E-state index contributed by atoms with van der Waals surface area (Å²) in [6.07, 6.45) is 0. The van der Waals surface area contributed by atoms with E-state index < -0.39 is 0 Å². The fourth-order valence-corrected chi connectivity index (χ4v) is 3.55. The first-order valence-corrected chi connectivity index (χ1v) is 10.5. The van der Waals surface area contributed by atoms with Gasteiger partial charge in [0, 0.05) is 15.2 Å². The number of hydrogen-bond donors (Lipinski definition) is 3. The van der Waals surface area contributed by atoms with Crippen molar-refractivity contribution in [3.63, 3.8) is 0 Å². The lowest BCUT2D eigenvalue weighted by molar-refractivity contribution is 0.248. The van der Waals surface area contributed by atoms with Gasteiger partial charge in [0.2, 0.25) is 5.95 Å². The van der Waals surface area contributed by atoms with Crippen LogP contribution in [0.2, 0.25) is 5.02 Å². The number of nitrogens with zero attached hydrogens (tertiary/aromatic N) is 2. The molecule has 0 aliphatic heterocycles. The Morgan fingerprint density at radius 1 is 1.07 bits per heavy atom. The highest BCUT2D eigenvalue weighted by Crippen LogP contribution is 2.29. The average Bonchev–Trinajstić information content (AvgIpc) is 2.68. The van der Waals surface area contributed by atoms with Crippen LogP contribution in [0.25, 0.3) is 11.3 Å². The second kappa shape index (κ2) is 9.54. The summed E-state index contributed by atoms with van der Waals surface area (Å²) in [7, 11) is 0. The number of nitrogens with one attached hydrogen (secondary N) is 2. The highest BCUT2D eigenvalue weighted by molar-refractivity contribution is 14.1. The van der Waals surface area contributed by atoms with Crippen LogP contribution >= 0.6 is 34.2 Å². The van der Waals surface area contributed by atoms with Gasteiger partial charge in [0.15, 0.2) is 0 Å². The number of aliphatic hydroxyl groups is 1. The highest BCUT2D eigenvalue weighted by atomic mass is 127. The van der Waals surface area contributed by atoms with Gasteiger partial charge in [-0.2, -0.15) is 4.98 Å². The minimum Gasteiger partial charge on any atom is -0.394 e. The molecular formula is C21H22ClIN4O. The van der Waals surface area contributed by atoms with E-state index in [1.807, 2.05) is 68.4 Å². The highest BCUT2D eigenvalue weighted by Gasteiger charge is 2.15. The molecule has 0 spiro atoms. The van der Waals surface area contributed by atoms with E-state index in [0.717, 1.165) is 20.5 Å². The second-order valence-corrected chi connectivity index (χ2v) is 8.41. The summed E-state index contributed by atoms with van der Waals surface area (Å²) < 4.78 is 1.06. The third kappa shape index (κ3) is 5.33. The zero-order chi connectivity index (χ0) is 20.1. The van der Waals surface area contributed by atoms with Crippen molar-refractivity contribution < 1.29 is 5.11 Å². The molecule has 3 N–H and O–H groups in total. The van der Waals surface area contributed by atoms with Gasteiger partial charge in [-0.1, -0.05) is 55.8 Å². The Labute approximate surface area is 183 Å². The molecule has 0 aliphatic rings. The number of halogens is 2. The Balaban J connectivity index is 1.99. The summed E-state index contributed by atoms with van der Waals surface area (Å²) in [5.41, 5.74) is 2.53. The Kier molecular flexibility index (Phi) is 7.09. The van der Waals surface area contributed by atoms with Gasteiger partial charge in [-0.05, 0) is 46.7 Å². The summed E-state index contributed by atoms with van der Waals surface area (Å²) >= 11 is 8.59. The molecule has 1 aromatic heterocycles. The fourth-order valence-electron chi connectivity index (χ4n) is 2.65. The van der Waals surface area contributed by atoms with Gasteiger partial charge in [0.05, 0.1) is 29.1 Å². The van der Waals surface area contributed by atoms with Crippen LogP contribution in [-0.4, -0.2) is 27.7 Å². The van der Waals surface area contributed by atoms with E-state index in [2.05, 4.69) is 43.2 Å². The predicted octanol–water partition coefficient (Wildman–Crippen LogP) is 5.57.